The second kappa shape index (κ2) is 10.3. The lowest BCUT2D eigenvalue weighted by atomic mass is 10.0. The summed E-state index contributed by atoms with van der Waals surface area (Å²) in [7, 11) is 0. The maximum atomic E-state index is 13.4. The van der Waals surface area contributed by atoms with E-state index in [1.54, 1.807) is 6.20 Å². The molecule has 36 heavy (non-hydrogen) atoms. The predicted octanol–water partition coefficient (Wildman–Crippen LogP) is 5.98. The zero-order valence-electron chi connectivity index (χ0n) is 21.0. The number of pyridine rings is 1. The number of ether oxygens (including phenoxy) is 1. The number of carboxylic acids is 1. The monoisotopic (exact) mass is 482 g/mol. The number of hydrogen-bond acceptors (Lipinski definition) is 4. The van der Waals surface area contributed by atoms with Crippen LogP contribution >= 0.6 is 0 Å². The van der Waals surface area contributed by atoms with Gasteiger partial charge in [-0.1, -0.05) is 66.2 Å². The van der Waals surface area contributed by atoms with Crippen molar-refractivity contribution in [1.29, 1.82) is 0 Å². The Bertz CT molecular complexity index is 1430. The number of aryl methyl sites for hydroxylation is 1. The lowest BCUT2D eigenvalue weighted by Crippen LogP contribution is -2.34. The fraction of sp³-hybridized carbons (Fsp3) is 0.233. The molecule has 0 saturated heterocycles. The zero-order valence-corrected chi connectivity index (χ0v) is 21.0. The molecule has 2 heterocycles. The summed E-state index contributed by atoms with van der Waals surface area (Å²) in [5.41, 5.74) is 5.59. The molecule has 0 amide bonds. The second-order valence-electron chi connectivity index (χ2n) is 9.39. The number of carboxylic acid groups (broad SMARTS) is 1. The first-order valence-corrected chi connectivity index (χ1v) is 11.9. The number of nitrogens with zero attached hydrogens (tertiary/aromatic N) is 2. The van der Waals surface area contributed by atoms with Crippen molar-refractivity contribution in [1.82, 2.24) is 9.55 Å². The van der Waals surface area contributed by atoms with Crippen molar-refractivity contribution in [3.63, 3.8) is 0 Å². The molecule has 184 valence electrons. The Kier molecular flexibility index (Phi) is 7.17. The quantitative estimate of drug-likeness (QED) is 0.297. The summed E-state index contributed by atoms with van der Waals surface area (Å²) < 4.78 is 7.62. The minimum atomic E-state index is -1.23. The van der Waals surface area contributed by atoms with Crippen LogP contribution in [-0.2, 0) is 22.7 Å². The minimum absolute atomic E-state index is 0.0252. The average Bonchev–Trinajstić information content (AvgIpc) is 3.14. The van der Waals surface area contributed by atoms with Crippen molar-refractivity contribution in [3.8, 4) is 0 Å². The van der Waals surface area contributed by atoms with Crippen LogP contribution in [0.2, 0.25) is 0 Å². The van der Waals surface area contributed by atoms with Gasteiger partial charge in [-0.15, -0.1) is 0 Å². The molecular weight excluding hydrogens is 452 g/mol. The van der Waals surface area contributed by atoms with Gasteiger partial charge in [0.05, 0.1) is 23.2 Å². The van der Waals surface area contributed by atoms with E-state index in [9.17, 15) is 14.7 Å². The van der Waals surface area contributed by atoms with Crippen molar-refractivity contribution in [2.24, 2.45) is 0 Å². The minimum Gasteiger partial charge on any atom is -0.479 e. The highest BCUT2D eigenvalue weighted by Gasteiger charge is 2.27. The summed E-state index contributed by atoms with van der Waals surface area (Å²) in [6.45, 7) is 7.85. The van der Waals surface area contributed by atoms with Crippen LogP contribution in [0.15, 0.2) is 72.9 Å². The molecule has 0 saturated carbocycles. The Morgan fingerprint density at radius 1 is 1.03 bits per heavy atom. The van der Waals surface area contributed by atoms with E-state index in [1.165, 1.54) is 13.8 Å². The number of aliphatic carboxylic acids is 1. The van der Waals surface area contributed by atoms with Crippen LogP contribution in [0.4, 0.5) is 0 Å². The molecule has 4 rings (SSSR count). The summed E-state index contributed by atoms with van der Waals surface area (Å²) in [6.07, 6.45) is 5.80. The third-order valence-electron chi connectivity index (χ3n) is 6.31. The van der Waals surface area contributed by atoms with E-state index in [2.05, 4.69) is 15.6 Å². The topological polar surface area (TPSA) is 81.4 Å². The third kappa shape index (κ3) is 5.29. The smallest absolute Gasteiger partial charge is 0.335 e. The summed E-state index contributed by atoms with van der Waals surface area (Å²) in [5.74, 6) is -1.02. The van der Waals surface area contributed by atoms with Gasteiger partial charge in [0.2, 0.25) is 0 Å². The van der Waals surface area contributed by atoms with Gasteiger partial charge < -0.3 is 14.4 Å². The van der Waals surface area contributed by atoms with Crippen LogP contribution in [0.25, 0.3) is 17.1 Å². The molecule has 0 radical (unpaired) electrons. The van der Waals surface area contributed by atoms with Gasteiger partial charge in [-0.05, 0) is 51.0 Å². The van der Waals surface area contributed by atoms with Crippen molar-refractivity contribution in [2.45, 2.75) is 46.4 Å². The van der Waals surface area contributed by atoms with Crippen LogP contribution in [0.3, 0.4) is 0 Å². The molecule has 0 aliphatic rings. The molecule has 0 spiro atoms. The lowest BCUT2D eigenvalue weighted by molar-refractivity contribution is -0.162. The summed E-state index contributed by atoms with van der Waals surface area (Å²) in [5, 5.41) is 9.18. The van der Waals surface area contributed by atoms with E-state index in [4.69, 9.17) is 4.74 Å². The zero-order chi connectivity index (χ0) is 25.9. The van der Waals surface area contributed by atoms with Crippen LogP contribution in [0.5, 0.6) is 0 Å². The molecule has 0 atom stereocenters. The molecule has 0 unspecified atom stereocenters. The summed E-state index contributed by atoms with van der Waals surface area (Å²) in [4.78, 5) is 29.1. The first-order valence-electron chi connectivity index (χ1n) is 11.9. The van der Waals surface area contributed by atoms with Crippen molar-refractivity contribution in [3.05, 3.63) is 106 Å². The van der Waals surface area contributed by atoms with E-state index in [1.807, 2.05) is 80.6 Å². The summed E-state index contributed by atoms with van der Waals surface area (Å²) >= 11 is 0. The van der Waals surface area contributed by atoms with Gasteiger partial charge in [0.25, 0.3) is 0 Å². The Balaban J connectivity index is 1.52. The van der Waals surface area contributed by atoms with Crippen LogP contribution in [0.1, 0.15) is 52.2 Å². The number of ketones is 1. The molecule has 0 bridgehead atoms. The molecule has 2 aromatic carbocycles. The number of aromatic nitrogens is 2. The Morgan fingerprint density at radius 3 is 2.39 bits per heavy atom. The number of hydrogen-bond donors (Lipinski definition) is 1. The van der Waals surface area contributed by atoms with Crippen molar-refractivity contribution in [2.75, 3.05) is 0 Å². The lowest BCUT2D eigenvalue weighted by Gasteiger charge is -2.20. The van der Waals surface area contributed by atoms with Crippen LogP contribution < -0.4 is 0 Å². The number of fused-ring (bicyclic) bond motifs is 1. The van der Waals surface area contributed by atoms with Gasteiger partial charge in [0.1, 0.15) is 0 Å². The Labute approximate surface area is 210 Å². The molecule has 6 nitrogen and oxygen atoms in total. The highest BCUT2D eigenvalue weighted by molar-refractivity contribution is 6.16. The van der Waals surface area contributed by atoms with Gasteiger partial charge in [-0.25, -0.2) is 4.79 Å². The predicted molar refractivity (Wildman–Crippen MR) is 141 cm³/mol. The van der Waals surface area contributed by atoms with Crippen LogP contribution in [-0.4, -0.2) is 32.0 Å². The maximum Gasteiger partial charge on any atom is 0.335 e. The number of benzene rings is 2. The van der Waals surface area contributed by atoms with Gasteiger partial charge in [0.15, 0.2) is 11.4 Å². The fourth-order valence-corrected chi connectivity index (χ4v) is 4.00. The molecule has 0 fully saturated rings. The largest absolute Gasteiger partial charge is 0.479 e. The highest BCUT2D eigenvalue weighted by atomic mass is 16.5. The number of carbonyl (C=O) groups excluding carboxylic acids is 1. The molecule has 2 aromatic heterocycles. The normalized spacial score (nSPS) is 11.9. The fourth-order valence-electron chi connectivity index (χ4n) is 4.00. The van der Waals surface area contributed by atoms with Gasteiger partial charge in [-0.3, -0.25) is 9.78 Å². The van der Waals surface area contributed by atoms with Crippen molar-refractivity contribution < 1.29 is 19.4 Å². The third-order valence-corrected chi connectivity index (χ3v) is 6.31. The van der Waals surface area contributed by atoms with E-state index in [0.717, 1.165) is 27.9 Å². The van der Waals surface area contributed by atoms with E-state index >= 15 is 0 Å². The van der Waals surface area contributed by atoms with E-state index in [-0.39, 0.29) is 12.4 Å². The molecule has 0 aliphatic heterocycles. The number of rotatable bonds is 9. The maximum absolute atomic E-state index is 13.4. The average molecular weight is 483 g/mol. The second-order valence-corrected chi connectivity index (χ2v) is 9.39. The number of carbonyl (C=O) groups is 2. The Morgan fingerprint density at radius 2 is 1.72 bits per heavy atom. The molecule has 4 aromatic rings. The first-order chi connectivity index (χ1) is 17.2. The van der Waals surface area contributed by atoms with Gasteiger partial charge in [0, 0.05) is 24.0 Å². The van der Waals surface area contributed by atoms with Gasteiger partial charge in [-0.2, -0.15) is 0 Å². The van der Waals surface area contributed by atoms with Gasteiger partial charge >= 0.3 is 5.97 Å². The molecule has 1 N–H and O–H groups in total. The van der Waals surface area contributed by atoms with Crippen molar-refractivity contribution >= 4 is 28.9 Å². The van der Waals surface area contributed by atoms with E-state index < -0.39 is 11.6 Å². The first kappa shape index (κ1) is 25.1. The Hall–Kier alpha value is -4.03. The molecular formula is C30H30N2O4. The van der Waals surface area contributed by atoms with E-state index in [0.29, 0.717) is 23.2 Å². The molecule has 0 aliphatic carbocycles. The molecule has 6 heteroatoms. The SMILES string of the molecule is Cc1ccc(C(=O)c2c(C)n(C/C=C/c3ccc(COC(C)(C)C(=O)O)cc3)c3cccnc23)cc1. The number of allylic oxidation sites excluding steroid dienone is 1. The summed E-state index contributed by atoms with van der Waals surface area (Å²) in [6, 6.07) is 19.3. The van der Waals surface area contributed by atoms with Crippen LogP contribution in [0, 0.1) is 13.8 Å². The highest BCUT2D eigenvalue weighted by Crippen LogP contribution is 2.27. The standard InChI is InChI=1S/C30H30N2O4/c1-20-9-15-24(16-10-20)28(33)26-21(2)32(25-8-5-17-31-27(25)26)18-6-7-22-11-13-23(14-12-22)19-36-30(3,4)29(34)35/h5-17H,18-19H2,1-4H3,(H,34,35)/b7-6+.